The number of rotatable bonds is 3. The number of hydrogen-bond acceptors (Lipinski definition) is 7. The molecule has 2 aliphatic heterocycles. The molecule has 2 aliphatic rings. The Morgan fingerprint density at radius 2 is 2.03 bits per heavy atom. The molecule has 1 aromatic heterocycles. The quantitative estimate of drug-likeness (QED) is 0.405. The summed E-state index contributed by atoms with van der Waals surface area (Å²) in [5.74, 6) is -0.887. The van der Waals surface area contributed by atoms with Gasteiger partial charge in [0.1, 0.15) is 28.9 Å². The van der Waals surface area contributed by atoms with Crippen LogP contribution in [0.2, 0.25) is 0 Å². The first-order valence-corrected chi connectivity index (χ1v) is 11.2. The van der Waals surface area contributed by atoms with Crippen LogP contribution in [0.1, 0.15) is 16.7 Å². The Labute approximate surface area is 191 Å². The topological polar surface area (TPSA) is 128 Å². The summed E-state index contributed by atoms with van der Waals surface area (Å²) in [7, 11) is 0. The number of carbonyl (C=O) groups excluding carboxylic acids is 1. The van der Waals surface area contributed by atoms with E-state index in [0.717, 1.165) is 0 Å². The summed E-state index contributed by atoms with van der Waals surface area (Å²) in [6, 6.07) is 14.9. The molecule has 33 heavy (non-hydrogen) atoms. The summed E-state index contributed by atoms with van der Waals surface area (Å²) in [6.07, 6.45) is 1.75. The van der Waals surface area contributed by atoms with Crippen LogP contribution in [0.4, 0.5) is 15.9 Å². The van der Waals surface area contributed by atoms with Gasteiger partial charge in [0.2, 0.25) is 5.91 Å². The maximum Gasteiger partial charge on any atom is 0.258 e. The van der Waals surface area contributed by atoms with Gasteiger partial charge in [-0.2, -0.15) is 5.26 Å². The van der Waals surface area contributed by atoms with Crippen molar-refractivity contribution in [1.29, 1.82) is 5.26 Å². The highest BCUT2D eigenvalue weighted by Crippen LogP contribution is 2.53. The summed E-state index contributed by atoms with van der Waals surface area (Å²) in [6.45, 7) is 0.0466. The zero-order valence-corrected chi connectivity index (χ0v) is 18.2. The molecule has 0 saturated heterocycles. The average Bonchev–Trinajstić information content (AvgIpc) is 3.02. The maximum absolute atomic E-state index is 14.2. The molecule has 5 rings (SSSR count). The average molecular weight is 460 g/mol. The number of nitrogens with one attached hydrogen (secondary N) is 2. The molecule has 0 bridgehead atoms. The van der Waals surface area contributed by atoms with Crippen LogP contribution >= 0.6 is 11.8 Å². The van der Waals surface area contributed by atoms with Crippen LogP contribution in [0, 0.1) is 17.1 Å². The van der Waals surface area contributed by atoms with E-state index in [9.17, 15) is 19.2 Å². The predicted octanol–water partition coefficient (Wildman–Crippen LogP) is 2.58. The van der Waals surface area contributed by atoms with Gasteiger partial charge in [0, 0.05) is 11.3 Å². The monoisotopic (exact) mass is 460 g/mol. The van der Waals surface area contributed by atoms with Gasteiger partial charge in [-0.15, -0.1) is 0 Å². The Hall–Kier alpha value is -4.10. The minimum Gasteiger partial charge on any atom is -0.384 e. The van der Waals surface area contributed by atoms with Gasteiger partial charge < -0.3 is 20.9 Å². The SMILES string of the molecule is CSc1nc2c(c(=O)[nH]1)C1(C(=O)N(Cc3cccc(F)c3)c3ccccc31)C(C#N)=C(N)N2. The van der Waals surface area contributed by atoms with Gasteiger partial charge in [-0.05, 0) is 30.0 Å². The number of halogens is 1. The third-order valence-electron chi connectivity index (χ3n) is 5.87. The molecule has 3 aromatic rings. The zero-order chi connectivity index (χ0) is 23.3. The van der Waals surface area contributed by atoms with Crippen LogP contribution in [0.5, 0.6) is 0 Å². The molecular weight excluding hydrogens is 443 g/mol. The molecule has 0 fully saturated rings. The van der Waals surface area contributed by atoms with Crippen LogP contribution in [0.15, 0.2) is 69.9 Å². The molecule has 1 amide bonds. The molecule has 1 atom stereocenters. The van der Waals surface area contributed by atoms with Crippen molar-refractivity contribution < 1.29 is 9.18 Å². The van der Waals surface area contributed by atoms with Gasteiger partial charge in [-0.1, -0.05) is 42.1 Å². The minimum atomic E-state index is -1.78. The summed E-state index contributed by atoms with van der Waals surface area (Å²) >= 11 is 1.23. The second-order valence-electron chi connectivity index (χ2n) is 7.61. The Morgan fingerprint density at radius 3 is 2.76 bits per heavy atom. The number of thioether (sulfide) groups is 1. The van der Waals surface area contributed by atoms with Crippen LogP contribution in [0.3, 0.4) is 0 Å². The van der Waals surface area contributed by atoms with Crippen molar-refractivity contribution in [1.82, 2.24) is 9.97 Å². The number of nitrogens with zero attached hydrogens (tertiary/aromatic N) is 3. The smallest absolute Gasteiger partial charge is 0.258 e. The molecule has 3 heterocycles. The van der Waals surface area contributed by atoms with Crippen molar-refractivity contribution in [3.63, 3.8) is 0 Å². The first kappa shape index (κ1) is 20.8. The van der Waals surface area contributed by atoms with Gasteiger partial charge in [-0.3, -0.25) is 9.59 Å². The largest absolute Gasteiger partial charge is 0.384 e. The lowest BCUT2D eigenvalue weighted by Gasteiger charge is -2.34. The normalized spacial score (nSPS) is 18.7. The first-order valence-electron chi connectivity index (χ1n) is 9.93. The molecule has 1 unspecified atom stereocenters. The van der Waals surface area contributed by atoms with Crippen LogP contribution in [0.25, 0.3) is 0 Å². The highest BCUT2D eigenvalue weighted by Gasteiger charge is 2.60. The minimum absolute atomic E-state index is 0.00485. The molecular formula is C23H17FN6O2S. The number of nitriles is 1. The van der Waals surface area contributed by atoms with E-state index in [0.29, 0.717) is 22.0 Å². The van der Waals surface area contributed by atoms with E-state index in [1.165, 1.54) is 28.8 Å². The molecule has 0 aliphatic carbocycles. The number of para-hydroxylation sites is 1. The highest BCUT2D eigenvalue weighted by atomic mass is 32.2. The van der Waals surface area contributed by atoms with Crippen molar-refractivity contribution in [3.05, 3.63) is 92.8 Å². The van der Waals surface area contributed by atoms with E-state index in [4.69, 9.17) is 5.73 Å². The molecule has 1 spiro atoms. The molecule has 0 saturated carbocycles. The number of carbonyl (C=O) groups is 1. The lowest BCUT2D eigenvalue weighted by atomic mass is 9.69. The van der Waals surface area contributed by atoms with Crippen molar-refractivity contribution in [2.24, 2.45) is 5.73 Å². The van der Waals surface area contributed by atoms with Gasteiger partial charge in [-0.25, -0.2) is 9.37 Å². The number of aromatic amines is 1. The van der Waals surface area contributed by atoms with E-state index in [1.807, 2.05) is 6.07 Å². The standard InChI is InChI=1S/C23H17FN6O2S/c1-33-22-28-19-17(20(31)29-22)23(15(10-25)18(26)27-19)14-7-2-3-8-16(14)30(21(23)32)11-12-5-4-6-13(24)9-12/h2-9H,11,26H2,1H3,(H2,27,28,29,31). The molecule has 2 aromatic carbocycles. The number of fused-ring (bicyclic) bond motifs is 4. The number of anilines is 2. The summed E-state index contributed by atoms with van der Waals surface area (Å²) in [5.41, 5.74) is 5.31. The van der Waals surface area contributed by atoms with E-state index < -0.39 is 22.7 Å². The second-order valence-corrected chi connectivity index (χ2v) is 8.41. The van der Waals surface area contributed by atoms with Crippen LogP contribution in [-0.2, 0) is 16.8 Å². The Morgan fingerprint density at radius 1 is 1.24 bits per heavy atom. The first-order chi connectivity index (χ1) is 15.9. The van der Waals surface area contributed by atoms with Crippen LogP contribution in [-0.4, -0.2) is 22.1 Å². The second kappa shape index (κ2) is 7.50. The number of amides is 1. The lowest BCUT2D eigenvalue weighted by Crippen LogP contribution is -2.49. The van der Waals surface area contributed by atoms with E-state index >= 15 is 0 Å². The van der Waals surface area contributed by atoms with Gasteiger partial charge in [0.05, 0.1) is 17.7 Å². The van der Waals surface area contributed by atoms with Crippen LogP contribution < -0.4 is 21.5 Å². The zero-order valence-electron chi connectivity index (χ0n) is 17.3. The van der Waals surface area contributed by atoms with E-state index in [1.54, 1.807) is 42.7 Å². The third kappa shape index (κ3) is 2.86. The maximum atomic E-state index is 14.2. The van der Waals surface area contributed by atoms with E-state index in [2.05, 4.69) is 15.3 Å². The molecule has 4 N–H and O–H groups in total. The number of nitrogens with two attached hydrogens (primary N) is 1. The van der Waals surface area contributed by atoms with Gasteiger partial charge >= 0.3 is 0 Å². The molecule has 164 valence electrons. The molecule has 0 radical (unpaired) electrons. The predicted molar refractivity (Wildman–Crippen MR) is 122 cm³/mol. The van der Waals surface area contributed by atoms with Crippen molar-refractivity contribution in [2.75, 3.05) is 16.5 Å². The van der Waals surface area contributed by atoms with Gasteiger partial charge in [0.25, 0.3) is 5.56 Å². The number of benzene rings is 2. The lowest BCUT2D eigenvalue weighted by molar-refractivity contribution is -0.120. The Balaban J connectivity index is 1.81. The summed E-state index contributed by atoms with van der Waals surface area (Å²) in [4.78, 5) is 36.0. The van der Waals surface area contributed by atoms with E-state index in [-0.39, 0.29) is 29.3 Å². The fourth-order valence-electron chi connectivity index (χ4n) is 4.56. The fraction of sp³-hybridized carbons (Fsp3) is 0.130. The number of H-pyrrole nitrogens is 1. The Kier molecular flexibility index (Phi) is 4.72. The third-order valence-corrected chi connectivity index (χ3v) is 6.45. The molecule has 8 nitrogen and oxygen atoms in total. The van der Waals surface area contributed by atoms with Gasteiger partial charge in [0.15, 0.2) is 5.16 Å². The molecule has 10 heteroatoms. The number of hydrogen-bond donors (Lipinski definition) is 3. The highest BCUT2D eigenvalue weighted by molar-refractivity contribution is 7.98. The van der Waals surface area contributed by atoms with Crippen molar-refractivity contribution in [2.45, 2.75) is 17.1 Å². The van der Waals surface area contributed by atoms with Crippen molar-refractivity contribution >= 4 is 29.2 Å². The summed E-state index contributed by atoms with van der Waals surface area (Å²) < 4.78 is 13.8. The van der Waals surface area contributed by atoms with Crippen molar-refractivity contribution in [3.8, 4) is 6.07 Å². The Bertz CT molecular complexity index is 1460. The number of aromatic nitrogens is 2. The summed E-state index contributed by atoms with van der Waals surface area (Å²) in [5, 5.41) is 13.2. The fourth-order valence-corrected chi connectivity index (χ4v) is 4.94.